The Balaban J connectivity index is 3.86. The van der Waals surface area contributed by atoms with Crippen molar-refractivity contribution in [2.24, 2.45) is 11.8 Å². The van der Waals surface area contributed by atoms with Gasteiger partial charge in [0.1, 0.15) is 6.17 Å². The van der Waals surface area contributed by atoms with Crippen molar-refractivity contribution in [2.75, 3.05) is 0 Å². The lowest BCUT2D eigenvalue weighted by molar-refractivity contribution is -0.0800. The lowest BCUT2D eigenvalue weighted by Gasteiger charge is -2.10. The van der Waals surface area contributed by atoms with Crippen molar-refractivity contribution in [2.45, 2.75) is 58.8 Å². The lowest BCUT2D eigenvalue weighted by Crippen LogP contribution is -2.06. The maximum atomic E-state index is 13.4. The Kier molecular flexibility index (Phi) is 8.77. The molecule has 0 heterocycles. The topological polar surface area (TPSA) is 0 Å². The highest BCUT2D eigenvalue weighted by Crippen LogP contribution is 2.19. The predicted molar refractivity (Wildman–Crippen MR) is 71.7 cm³/mol. The van der Waals surface area contributed by atoms with E-state index < -0.39 is 12.3 Å². The molecule has 0 aromatic rings. The third kappa shape index (κ3) is 13.4. The van der Waals surface area contributed by atoms with E-state index in [0.717, 1.165) is 18.9 Å². The van der Waals surface area contributed by atoms with E-state index in [1.54, 1.807) is 0 Å². The molecule has 0 N–H and O–H groups in total. The van der Waals surface area contributed by atoms with Crippen LogP contribution in [0.5, 0.6) is 0 Å². The number of hydrogen-bond donors (Lipinski definition) is 0. The first-order chi connectivity index (χ1) is 8.70. The second-order valence-corrected chi connectivity index (χ2v) is 5.39. The summed E-state index contributed by atoms with van der Waals surface area (Å²) in [6, 6.07) is 0. The van der Waals surface area contributed by atoms with Gasteiger partial charge in [-0.15, -0.1) is 0 Å². The van der Waals surface area contributed by atoms with Crippen LogP contribution in [0, 0.1) is 11.8 Å². The lowest BCUT2D eigenvalue weighted by atomic mass is 10.0. The van der Waals surface area contributed by atoms with E-state index in [-0.39, 0.29) is 24.8 Å². The van der Waals surface area contributed by atoms with Crippen LogP contribution in [0.2, 0.25) is 0 Å². The van der Waals surface area contributed by atoms with Gasteiger partial charge in [-0.25, -0.2) is 4.39 Å². The zero-order valence-electron chi connectivity index (χ0n) is 11.9. The largest absolute Gasteiger partial charge is 0.409 e. The van der Waals surface area contributed by atoms with Gasteiger partial charge in [0.15, 0.2) is 0 Å². The molecule has 0 saturated carbocycles. The Morgan fingerprint density at radius 2 is 1.68 bits per heavy atom. The quantitative estimate of drug-likeness (QED) is 0.386. The van der Waals surface area contributed by atoms with Crippen molar-refractivity contribution in [3.8, 4) is 0 Å². The number of alkyl halides is 4. The molecular weight excluding hydrogens is 256 g/mol. The molecule has 0 aliphatic carbocycles. The minimum atomic E-state index is -4.35. The fourth-order valence-corrected chi connectivity index (χ4v) is 1.69. The van der Waals surface area contributed by atoms with Crippen LogP contribution in [0.15, 0.2) is 24.3 Å². The molecule has 112 valence electrons. The first kappa shape index (κ1) is 18.2. The Morgan fingerprint density at radius 1 is 1.05 bits per heavy atom. The molecule has 0 spiro atoms. The molecular formula is C15H24F4. The molecule has 0 amide bonds. The van der Waals surface area contributed by atoms with Gasteiger partial charge in [0.25, 0.3) is 0 Å². The molecule has 0 rings (SSSR count). The van der Waals surface area contributed by atoms with Crippen LogP contribution < -0.4 is 0 Å². The average molecular weight is 280 g/mol. The highest BCUT2D eigenvalue weighted by atomic mass is 19.4. The van der Waals surface area contributed by atoms with Gasteiger partial charge < -0.3 is 0 Å². The monoisotopic (exact) mass is 280 g/mol. The number of halogens is 4. The fourth-order valence-electron chi connectivity index (χ4n) is 1.69. The standard InChI is InChI=1S/C15H24F4/c1-12(2)7-4-5-8-13(3)11-14(16)9-6-10-15(17,18)19/h5-6,8,10,12-14H,4,7,9,11H2,1-3H3/b8-5+,10-6+. The third-order valence-electron chi connectivity index (χ3n) is 2.70. The van der Waals surface area contributed by atoms with Gasteiger partial charge in [0.2, 0.25) is 0 Å². The first-order valence-corrected chi connectivity index (χ1v) is 6.76. The van der Waals surface area contributed by atoms with E-state index >= 15 is 0 Å². The Morgan fingerprint density at radius 3 is 2.21 bits per heavy atom. The average Bonchev–Trinajstić information content (AvgIpc) is 2.22. The molecule has 2 unspecified atom stereocenters. The van der Waals surface area contributed by atoms with Gasteiger partial charge in [-0.1, -0.05) is 39.0 Å². The molecule has 0 aliphatic rings. The molecule has 19 heavy (non-hydrogen) atoms. The third-order valence-corrected chi connectivity index (χ3v) is 2.70. The fraction of sp³-hybridized carbons (Fsp3) is 0.733. The Hall–Kier alpha value is -0.800. The normalized spacial score (nSPS) is 16.6. The molecule has 2 atom stereocenters. The van der Waals surface area contributed by atoms with Crippen molar-refractivity contribution >= 4 is 0 Å². The second-order valence-electron chi connectivity index (χ2n) is 5.39. The molecule has 0 aliphatic heterocycles. The summed E-state index contributed by atoms with van der Waals surface area (Å²) in [5.74, 6) is 0.697. The molecule has 0 saturated heterocycles. The van der Waals surface area contributed by atoms with Crippen molar-refractivity contribution in [3.05, 3.63) is 24.3 Å². The highest BCUT2D eigenvalue weighted by Gasteiger charge is 2.22. The van der Waals surface area contributed by atoms with Crippen molar-refractivity contribution in [1.29, 1.82) is 0 Å². The van der Waals surface area contributed by atoms with E-state index in [4.69, 9.17) is 0 Å². The molecule has 4 heteroatoms. The van der Waals surface area contributed by atoms with Gasteiger partial charge in [-0.05, 0) is 37.5 Å². The molecule has 0 aromatic carbocycles. The summed E-state index contributed by atoms with van der Waals surface area (Å²) in [6.07, 6.45) is 1.52. The zero-order chi connectivity index (χ0) is 14.9. The smallest absolute Gasteiger partial charge is 0.247 e. The van der Waals surface area contributed by atoms with Crippen LogP contribution in [-0.2, 0) is 0 Å². The van der Waals surface area contributed by atoms with E-state index in [1.165, 1.54) is 0 Å². The van der Waals surface area contributed by atoms with Gasteiger partial charge >= 0.3 is 6.18 Å². The summed E-state index contributed by atoms with van der Waals surface area (Å²) in [5, 5.41) is 0. The van der Waals surface area contributed by atoms with Gasteiger partial charge in [-0.3, -0.25) is 0 Å². The summed E-state index contributed by atoms with van der Waals surface area (Å²) in [7, 11) is 0. The summed E-state index contributed by atoms with van der Waals surface area (Å²) in [6.45, 7) is 6.16. The SMILES string of the molecule is CC(C)CC/C=C/C(C)CC(F)C/C=C/C(F)(F)F. The van der Waals surface area contributed by atoms with Crippen LogP contribution in [0.1, 0.15) is 46.5 Å². The first-order valence-electron chi connectivity index (χ1n) is 6.76. The van der Waals surface area contributed by atoms with Gasteiger partial charge in [0, 0.05) is 6.08 Å². The maximum Gasteiger partial charge on any atom is 0.409 e. The van der Waals surface area contributed by atoms with Gasteiger partial charge in [-0.2, -0.15) is 13.2 Å². The van der Waals surface area contributed by atoms with Crippen molar-refractivity contribution in [3.63, 3.8) is 0 Å². The van der Waals surface area contributed by atoms with E-state index in [1.807, 2.05) is 19.1 Å². The minimum absolute atomic E-state index is 0.0569. The summed E-state index contributed by atoms with van der Waals surface area (Å²) >= 11 is 0. The molecule has 0 nitrogen and oxygen atoms in total. The molecule has 0 aromatic heterocycles. The highest BCUT2D eigenvalue weighted by molar-refractivity contribution is 4.92. The number of rotatable bonds is 8. The van der Waals surface area contributed by atoms with E-state index in [0.29, 0.717) is 5.92 Å². The van der Waals surface area contributed by atoms with Crippen LogP contribution in [-0.4, -0.2) is 12.3 Å². The van der Waals surface area contributed by atoms with Crippen LogP contribution in [0.4, 0.5) is 17.6 Å². The number of allylic oxidation sites excluding steroid dienone is 4. The van der Waals surface area contributed by atoms with Crippen LogP contribution in [0.25, 0.3) is 0 Å². The molecule has 0 fully saturated rings. The Bertz CT molecular complexity index is 276. The Labute approximate surface area is 113 Å². The zero-order valence-corrected chi connectivity index (χ0v) is 11.9. The van der Waals surface area contributed by atoms with E-state index in [9.17, 15) is 17.6 Å². The van der Waals surface area contributed by atoms with Crippen LogP contribution in [0.3, 0.4) is 0 Å². The number of hydrogen-bond acceptors (Lipinski definition) is 0. The van der Waals surface area contributed by atoms with E-state index in [2.05, 4.69) is 13.8 Å². The molecule has 0 radical (unpaired) electrons. The summed E-state index contributed by atoms with van der Waals surface area (Å²) in [5.41, 5.74) is 0. The molecule has 0 bridgehead atoms. The van der Waals surface area contributed by atoms with Crippen LogP contribution >= 0.6 is 0 Å². The minimum Gasteiger partial charge on any atom is -0.247 e. The van der Waals surface area contributed by atoms with Crippen molar-refractivity contribution < 1.29 is 17.6 Å². The second kappa shape index (κ2) is 9.16. The van der Waals surface area contributed by atoms with Gasteiger partial charge in [0.05, 0.1) is 0 Å². The maximum absolute atomic E-state index is 13.4. The summed E-state index contributed by atoms with van der Waals surface area (Å²) in [4.78, 5) is 0. The summed E-state index contributed by atoms with van der Waals surface area (Å²) < 4.78 is 48.9. The van der Waals surface area contributed by atoms with Crippen molar-refractivity contribution in [1.82, 2.24) is 0 Å². The predicted octanol–water partition coefficient (Wildman–Crippen LogP) is 5.85.